The number of benzene rings is 2. The van der Waals surface area contributed by atoms with Crippen molar-refractivity contribution < 1.29 is 4.39 Å². The summed E-state index contributed by atoms with van der Waals surface area (Å²) < 4.78 is 13.0. The van der Waals surface area contributed by atoms with Gasteiger partial charge in [0.1, 0.15) is 5.82 Å². The molecular weight excluding hydrogens is 237 g/mol. The summed E-state index contributed by atoms with van der Waals surface area (Å²) in [6.45, 7) is 2.10. The molecule has 0 unspecified atom stereocenters. The van der Waals surface area contributed by atoms with Crippen LogP contribution in [0.2, 0.25) is 0 Å². The van der Waals surface area contributed by atoms with E-state index in [-0.39, 0.29) is 5.82 Å². The van der Waals surface area contributed by atoms with Gasteiger partial charge >= 0.3 is 0 Å². The van der Waals surface area contributed by atoms with Crippen molar-refractivity contribution in [1.82, 2.24) is 4.90 Å². The van der Waals surface area contributed by atoms with Crippen LogP contribution in [0, 0.1) is 5.82 Å². The molecule has 2 aromatic rings. The van der Waals surface area contributed by atoms with Gasteiger partial charge in [0.15, 0.2) is 0 Å². The Labute approximate surface area is 113 Å². The number of hydrogen-bond acceptors (Lipinski definition) is 1. The molecule has 1 aliphatic heterocycles. The predicted octanol–water partition coefficient (Wildman–Crippen LogP) is 4.16. The molecule has 3 rings (SSSR count). The predicted molar refractivity (Wildman–Crippen MR) is 75.2 cm³/mol. The van der Waals surface area contributed by atoms with Gasteiger partial charge in [-0.25, -0.2) is 4.39 Å². The maximum Gasteiger partial charge on any atom is 0.123 e. The third kappa shape index (κ3) is 2.85. The smallest absolute Gasteiger partial charge is 0.123 e. The molecule has 0 N–H and O–H groups in total. The van der Waals surface area contributed by atoms with Gasteiger partial charge in [-0.05, 0) is 42.6 Å². The van der Waals surface area contributed by atoms with Crippen LogP contribution < -0.4 is 0 Å². The molecule has 2 aromatic carbocycles. The summed E-state index contributed by atoms with van der Waals surface area (Å²) in [6.07, 6.45) is 2.38. The Hall–Kier alpha value is -1.67. The maximum absolute atomic E-state index is 13.0. The molecule has 0 spiro atoms. The van der Waals surface area contributed by atoms with Gasteiger partial charge < -0.3 is 0 Å². The van der Waals surface area contributed by atoms with Gasteiger partial charge in [-0.15, -0.1) is 0 Å². The lowest BCUT2D eigenvalue weighted by Gasteiger charge is -2.25. The van der Waals surface area contributed by atoms with Crippen molar-refractivity contribution in [3.63, 3.8) is 0 Å². The highest BCUT2D eigenvalue weighted by atomic mass is 19.1. The SMILES string of the molecule is Fc1ccc([C@@H]2CCCN2Cc2ccccc2)cc1. The van der Waals surface area contributed by atoms with Crippen LogP contribution in [0.5, 0.6) is 0 Å². The minimum absolute atomic E-state index is 0.156. The summed E-state index contributed by atoms with van der Waals surface area (Å²) >= 11 is 0. The monoisotopic (exact) mass is 255 g/mol. The maximum atomic E-state index is 13.0. The second-order valence-corrected chi connectivity index (χ2v) is 5.17. The van der Waals surface area contributed by atoms with Gasteiger partial charge in [-0.1, -0.05) is 42.5 Å². The summed E-state index contributed by atoms with van der Waals surface area (Å²) in [4.78, 5) is 2.49. The summed E-state index contributed by atoms with van der Waals surface area (Å²) in [5.41, 5.74) is 2.58. The number of hydrogen-bond donors (Lipinski definition) is 0. The average molecular weight is 255 g/mol. The molecule has 0 radical (unpaired) electrons. The Kier molecular flexibility index (Phi) is 3.60. The molecule has 0 bridgehead atoms. The summed E-state index contributed by atoms with van der Waals surface area (Å²) in [6, 6.07) is 17.9. The van der Waals surface area contributed by atoms with Crippen LogP contribution in [0.4, 0.5) is 4.39 Å². The first-order valence-electron chi connectivity index (χ1n) is 6.86. The fourth-order valence-electron chi connectivity index (χ4n) is 2.90. The highest BCUT2D eigenvalue weighted by molar-refractivity contribution is 5.22. The zero-order chi connectivity index (χ0) is 13.1. The lowest BCUT2D eigenvalue weighted by atomic mass is 10.0. The second kappa shape index (κ2) is 5.54. The topological polar surface area (TPSA) is 3.24 Å². The van der Waals surface area contributed by atoms with Crippen molar-refractivity contribution >= 4 is 0 Å². The molecule has 1 nitrogen and oxygen atoms in total. The Morgan fingerprint density at radius 1 is 1.00 bits per heavy atom. The van der Waals surface area contributed by atoms with Gasteiger partial charge in [0.05, 0.1) is 0 Å². The minimum Gasteiger partial charge on any atom is -0.292 e. The highest BCUT2D eigenvalue weighted by Gasteiger charge is 2.25. The van der Waals surface area contributed by atoms with Gasteiger partial charge in [-0.3, -0.25) is 4.90 Å². The zero-order valence-electron chi connectivity index (χ0n) is 10.9. The molecule has 19 heavy (non-hydrogen) atoms. The van der Waals surface area contributed by atoms with E-state index in [0.717, 1.165) is 13.1 Å². The quantitative estimate of drug-likeness (QED) is 0.796. The van der Waals surface area contributed by atoms with Crippen LogP contribution in [0.3, 0.4) is 0 Å². The van der Waals surface area contributed by atoms with E-state index in [4.69, 9.17) is 0 Å². The van der Waals surface area contributed by atoms with Crippen molar-refractivity contribution in [2.24, 2.45) is 0 Å². The van der Waals surface area contributed by atoms with Crippen LogP contribution in [0.15, 0.2) is 54.6 Å². The molecule has 1 fully saturated rings. The van der Waals surface area contributed by atoms with E-state index in [9.17, 15) is 4.39 Å². The molecule has 0 aromatic heterocycles. The Morgan fingerprint density at radius 3 is 2.47 bits per heavy atom. The largest absolute Gasteiger partial charge is 0.292 e. The zero-order valence-corrected chi connectivity index (χ0v) is 10.9. The first-order valence-corrected chi connectivity index (χ1v) is 6.86. The van der Waals surface area contributed by atoms with E-state index in [1.165, 1.54) is 24.0 Å². The number of likely N-dealkylation sites (tertiary alicyclic amines) is 1. The van der Waals surface area contributed by atoms with E-state index in [2.05, 4.69) is 29.2 Å². The van der Waals surface area contributed by atoms with Gasteiger partial charge in [0.25, 0.3) is 0 Å². The molecule has 2 heteroatoms. The standard InChI is InChI=1S/C17H18FN/c18-16-10-8-15(9-11-16)17-7-4-12-19(17)13-14-5-2-1-3-6-14/h1-3,5-6,8-11,17H,4,7,12-13H2/t17-/m0/s1. The first kappa shape index (κ1) is 12.4. The van der Waals surface area contributed by atoms with Crippen molar-refractivity contribution in [3.8, 4) is 0 Å². The fraction of sp³-hybridized carbons (Fsp3) is 0.294. The van der Waals surface area contributed by atoms with Crippen LogP contribution in [0.25, 0.3) is 0 Å². The van der Waals surface area contributed by atoms with Gasteiger partial charge in [0, 0.05) is 12.6 Å². The fourth-order valence-corrected chi connectivity index (χ4v) is 2.90. The van der Waals surface area contributed by atoms with Crippen molar-refractivity contribution in [3.05, 3.63) is 71.5 Å². The second-order valence-electron chi connectivity index (χ2n) is 5.17. The van der Waals surface area contributed by atoms with Crippen molar-refractivity contribution in [1.29, 1.82) is 0 Å². The molecule has 1 aliphatic rings. The van der Waals surface area contributed by atoms with E-state index in [1.54, 1.807) is 12.1 Å². The molecule has 1 saturated heterocycles. The molecule has 0 amide bonds. The number of nitrogens with zero attached hydrogens (tertiary/aromatic N) is 1. The minimum atomic E-state index is -0.156. The third-order valence-electron chi connectivity index (χ3n) is 3.85. The van der Waals surface area contributed by atoms with Crippen molar-refractivity contribution in [2.75, 3.05) is 6.54 Å². The molecular formula is C17H18FN. The Bertz CT molecular complexity index is 521. The van der Waals surface area contributed by atoms with Crippen molar-refractivity contribution in [2.45, 2.75) is 25.4 Å². The molecule has 0 saturated carbocycles. The highest BCUT2D eigenvalue weighted by Crippen LogP contribution is 2.33. The van der Waals surface area contributed by atoms with E-state index >= 15 is 0 Å². The lowest BCUT2D eigenvalue weighted by molar-refractivity contribution is 0.248. The van der Waals surface area contributed by atoms with Gasteiger partial charge in [-0.2, -0.15) is 0 Å². The lowest BCUT2D eigenvalue weighted by Crippen LogP contribution is -2.22. The molecule has 0 aliphatic carbocycles. The van der Waals surface area contributed by atoms with Crippen LogP contribution in [-0.4, -0.2) is 11.4 Å². The summed E-state index contributed by atoms with van der Waals surface area (Å²) in [7, 11) is 0. The summed E-state index contributed by atoms with van der Waals surface area (Å²) in [5.74, 6) is -0.156. The molecule has 1 atom stereocenters. The van der Waals surface area contributed by atoms with E-state index < -0.39 is 0 Å². The van der Waals surface area contributed by atoms with E-state index in [1.807, 2.05) is 18.2 Å². The summed E-state index contributed by atoms with van der Waals surface area (Å²) in [5, 5.41) is 0. The van der Waals surface area contributed by atoms with Gasteiger partial charge in [0.2, 0.25) is 0 Å². The normalized spacial score (nSPS) is 19.7. The molecule has 98 valence electrons. The number of rotatable bonds is 3. The third-order valence-corrected chi connectivity index (χ3v) is 3.85. The van der Waals surface area contributed by atoms with Crippen LogP contribution in [-0.2, 0) is 6.54 Å². The van der Waals surface area contributed by atoms with E-state index in [0.29, 0.717) is 6.04 Å². The van der Waals surface area contributed by atoms with Crippen LogP contribution >= 0.6 is 0 Å². The van der Waals surface area contributed by atoms with Crippen LogP contribution in [0.1, 0.15) is 30.0 Å². The number of halogens is 1. The Balaban J connectivity index is 1.76. The average Bonchev–Trinajstić information content (AvgIpc) is 2.89. The molecule has 1 heterocycles. The Morgan fingerprint density at radius 2 is 1.74 bits per heavy atom. The first-order chi connectivity index (χ1) is 9.33.